The van der Waals surface area contributed by atoms with Crippen molar-refractivity contribution >= 4 is 5.57 Å². The summed E-state index contributed by atoms with van der Waals surface area (Å²) in [6.45, 7) is 10.1. The van der Waals surface area contributed by atoms with Crippen LogP contribution in [0.4, 0.5) is 0 Å². The molecule has 1 aliphatic rings. The highest BCUT2D eigenvalue weighted by atomic mass is 16.3. The van der Waals surface area contributed by atoms with Crippen molar-refractivity contribution in [3.8, 4) is 0 Å². The lowest BCUT2D eigenvalue weighted by Gasteiger charge is -2.09. The fraction of sp³-hybridized carbons (Fsp3) is 0.308. The van der Waals surface area contributed by atoms with Crippen molar-refractivity contribution in [1.82, 2.24) is 4.57 Å². The average molecular weight is 217 g/mol. The molecular formula is C13H15NO2. The van der Waals surface area contributed by atoms with E-state index >= 15 is 0 Å². The van der Waals surface area contributed by atoms with Gasteiger partial charge in [-0.25, -0.2) is 0 Å². The number of allylic oxidation sites excluding steroid dienone is 2. The minimum atomic E-state index is -0.207. The zero-order valence-corrected chi connectivity index (χ0v) is 9.42. The van der Waals surface area contributed by atoms with Gasteiger partial charge in [0.1, 0.15) is 0 Å². The minimum absolute atomic E-state index is 0.114. The third-order valence-corrected chi connectivity index (χ3v) is 3.12. The summed E-state index contributed by atoms with van der Waals surface area (Å²) in [6.07, 6.45) is 0.735. The van der Waals surface area contributed by atoms with Gasteiger partial charge in [0.05, 0.1) is 18.8 Å². The SMILES string of the molecule is C=C1Cn2c(cc(CC)c(CO)c2=O)C1=C. The highest BCUT2D eigenvalue weighted by Gasteiger charge is 2.22. The van der Waals surface area contributed by atoms with Crippen LogP contribution in [0.2, 0.25) is 0 Å². The summed E-state index contributed by atoms with van der Waals surface area (Å²) in [7, 11) is 0. The van der Waals surface area contributed by atoms with Gasteiger partial charge >= 0.3 is 0 Å². The van der Waals surface area contributed by atoms with Gasteiger partial charge in [-0.15, -0.1) is 0 Å². The highest BCUT2D eigenvalue weighted by molar-refractivity contribution is 5.78. The maximum atomic E-state index is 12.1. The number of fused-ring (bicyclic) bond motifs is 1. The summed E-state index contributed by atoms with van der Waals surface area (Å²) in [4.78, 5) is 12.1. The number of aliphatic hydroxyl groups is 1. The third kappa shape index (κ3) is 1.36. The molecule has 84 valence electrons. The summed E-state index contributed by atoms with van der Waals surface area (Å²) in [5, 5.41) is 9.24. The Morgan fingerprint density at radius 1 is 1.50 bits per heavy atom. The third-order valence-electron chi connectivity index (χ3n) is 3.12. The fourth-order valence-electron chi connectivity index (χ4n) is 2.10. The van der Waals surface area contributed by atoms with Crippen LogP contribution in [0.1, 0.15) is 23.7 Å². The van der Waals surface area contributed by atoms with Crippen LogP contribution in [0.3, 0.4) is 0 Å². The molecular weight excluding hydrogens is 202 g/mol. The number of aryl methyl sites for hydroxylation is 1. The Morgan fingerprint density at radius 2 is 2.19 bits per heavy atom. The zero-order valence-electron chi connectivity index (χ0n) is 9.42. The summed E-state index contributed by atoms with van der Waals surface area (Å²) in [6, 6.07) is 1.94. The van der Waals surface area contributed by atoms with Gasteiger partial charge in [-0.1, -0.05) is 20.1 Å². The molecule has 1 aromatic rings. The van der Waals surface area contributed by atoms with Crippen LogP contribution in [0.15, 0.2) is 29.6 Å². The predicted octanol–water partition coefficient (Wildman–Crippen LogP) is 1.49. The van der Waals surface area contributed by atoms with Crippen molar-refractivity contribution in [2.45, 2.75) is 26.5 Å². The van der Waals surface area contributed by atoms with E-state index in [1.807, 2.05) is 13.0 Å². The van der Waals surface area contributed by atoms with E-state index in [2.05, 4.69) is 13.2 Å². The number of aliphatic hydroxyl groups excluding tert-OH is 1. The van der Waals surface area contributed by atoms with Crippen molar-refractivity contribution in [2.75, 3.05) is 0 Å². The van der Waals surface area contributed by atoms with Gasteiger partial charge in [0.15, 0.2) is 0 Å². The fourth-order valence-corrected chi connectivity index (χ4v) is 2.10. The number of hydrogen-bond acceptors (Lipinski definition) is 2. The Kier molecular flexibility index (Phi) is 2.56. The second-order valence-electron chi connectivity index (χ2n) is 4.02. The van der Waals surface area contributed by atoms with Crippen LogP contribution in [0.5, 0.6) is 0 Å². The van der Waals surface area contributed by atoms with E-state index in [9.17, 15) is 9.90 Å². The van der Waals surface area contributed by atoms with Crippen molar-refractivity contribution in [2.24, 2.45) is 0 Å². The molecule has 2 heterocycles. The molecule has 0 saturated heterocycles. The van der Waals surface area contributed by atoms with Crippen LogP contribution in [-0.2, 0) is 19.6 Å². The summed E-state index contributed by atoms with van der Waals surface area (Å²) in [5.41, 5.74) is 3.81. The first-order chi connectivity index (χ1) is 7.60. The maximum Gasteiger partial charge on any atom is 0.257 e. The molecule has 1 aromatic heterocycles. The number of nitrogens with zero attached hydrogens (tertiary/aromatic N) is 1. The molecule has 3 nitrogen and oxygen atoms in total. The van der Waals surface area contributed by atoms with Gasteiger partial charge in [0.2, 0.25) is 0 Å². The Balaban J connectivity index is 2.76. The number of aromatic nitrogens is 1. The lowest BCUT2D eigenvalue weighted by Crippen LogP contribution is -2.25. The average Bonchev–Trinajstić information content (AvgIpc) is 2.56. The molecule has 0 unspecified atom stereocenters. The standard InChI is InChI=1S/C13H15NO2/c1-4-10-5-12-9(3)8(2)6-14(12)13(16)11(10)7-15/h5,15H,2-4,6-7H2,1H3. The van der Waals surface area contributed by atoms with Crippen LogP contribution in [0.25, 0.3) is 5.57 Å². The lowest BCUT2D eigenvalue weighted by atomic mass is 10.0. The molecule has 2 rings (SSSR count). The molecule has 0 spiro atoms. The molecule has 0 atom stereocenters. The topological polar surface area (TPSA) is 42.2 Å². The van der Waals surface area contributed by atoms with Crippen molar-refractivity contribution in [3.63, 3.8) is 0 Å². The van der Waals surface area contributed by atoms with E-state index in [0.29, 0.717) is 12.1 Å². The normalized spacial score (nSPS) is 14.4. The first-order valence-electron chi connectivity index (χ1n) is 5.34. The molecule has 0 amide bonds. The highest BCUT2D eigenvalue weighted by Crippen LogP contribution is 2.28. The molecule has 3 heteroatoms. The molecule has 0 saturated carbocycles. The molecule has 1 aliphatic heterocycles. The molecule has 16 heavy (non-hydrogen) atoms. The Bertz CT molecular complexity index is 538. The van der Waals surface area contributed by atoms with Gasteiger partial charge in [0, 0.05) is 5.56 Å². The van der Waals surface area contributed by atoms with Gasteiger partial charge in [0.25, 0.3) is 5.56 Å². The molecule has 0 fully saturated rings. The van der Waals surface area contributed by atoms with E-state index in [-0.39, 0.29) is 12.2 Å². The van der Waals surface area contributed by atoms with Crippen LogP contribution in [0, 0.1) is 0 Å². The van der Waals surface area contributed by atoms with Crippen molar-refractivity contribution in [1.29, 1.82) is 0 Å². The van der Waals surface area contributed by atoms with E-state index in [1.54, 1.807) is 4.57 Å². The number of rotatable bonds is 2. The van der Waals surface area contributed by atoms with Gasteiger partial charge in [-0.3, -0.25) is 4.79 Å². The Morgan fingerprint density at radius 3 is 2.75 bits per heavy atom. The predicted molar refractivity (Wildman–Crippen MR) is 64.2 cm³/mol. The summed E-state index contributed by atoms with van der Waals surface area (Å²) < 4.78 is 1.63. The molecule has 0 aliphatic carbocycles. The first-order valence-corrected chi connectivity index (χ1v) is 5.34. The smallest absolute Gasteiger partial charge is 0.257 e. The molecule has 0 radical (unpaired) electrons. The number of pyridine rings is 1. The zero-order chi connectivity index (χ0) is 11.9. The van der Waals surface area contributed by atoms with Crippen LogP contribution < -0.4 is 5.56 Å². The van der Waals surface area contributed by atoms with E-state index < -0.39 is 0 Å². The van der Waals surface area contributed by atoms with Crippen molar-refractivity contribution < 1.29 is 5.11 Å². The maximum absolute atomic E-state index is 12.1. The first kappa shape index (κ1) is 10.9. The van der Waals surface area contributed by atoms with Gasteiger partial charge in [-0.2, -0.15) is 0 Å². The van der Waals surface area contributed by atoms with Crippen LogP contribution in [-0.4, -0.2) is 9.67 Å². The molecule has 0 bridgehead atoms. The van der Waals surface area contributed by atoms with E-state index in [1.165, 1.54) is 0 Å². The monoisotopic (exact) mass is 217 g/mol. The van der Waals surface area contributed by atoms with E-state index in [4.69, 9.17) is 0 Å². The summed E-state index contributed by atoms with van der Waals surface area (Å²) in [5.74, 6) is 0. The Hall–Kier alpha value is -1.61. The quantitative estimate of drug-likeness (QED) is 0.815. The molecule has 1 N–H and O–H groups in total. The second-order valence-corrected chi connectivity index (χ2v) is 4.02. The second kappa shape index (κ2) is 3.76. The lowest BCUT2D eigenvalue weighted by molar-refractivity contribution is 0.278. The molecule has 0 aromatic carbocycles. The minimum Gasteiger partial charge on any atom is -0.391 e. The Labute approximate surface area is 94.4 Å². The largest absolute Gasteiger partial charge is 0.391 e. The summed E-state index contributed by atoms with van der Waals surface area (Å²) >= 11 is 0. The number of hydrogen-bond donors (Lipinski definition) is 1. The van der Waals surface area contributed by atoms with Crippen LogP contribution >= 0.6 is 0 Å². The van der Waals surface area contributed by atoms with Gasteiger partial charge in [-0.05, 0) is 29.2 Å². The van der Waals surface area contributed by atoms with Crippen molar-refractivity contribution in [3.05, 3.63) is 52.0 Å². The van der Waals surface area contributed by atoms with Gasteiger partial charge < -0.3 is 9.67 Å². The van der Waals surface area contributed by atoms with E-state index in [0.717, 1.165) is 28.8 Å².